The Bertz CT molecular complexity index is 1210. The average molecular weight is 426 g/mol. The van der Waals surface area contributed by atoms with E-state index in [2.05, 4.69) is 20.6 Å². The molecule has 5 rings (SSSR count). The van der Waals surface area contributed by atoms with Gasteiger partial charge in [-0.2, -0.15) is 0 Å². The van der Waals surface area contributed by atoms with E-state index in [4.69, 9.17) is 4.42 Å². The van der Waals surface area contributed by atoms with Crippen LogP contribution in [0.15, 0.2) is 94.3 Å². The van der Waals surface area contributed by atoms with E-state index in [1.807, 2.05) is 37.3 Å². The lowest BCUT2D eigenvalue weighted by molar-refractivity contribution is -0.116. The Labute approximate surface area is 185 Å². The first-order chi connectivity index (χ1) is 15.6. The first-order valence-electron chi connectivity index (χ1n) is 10.5. The molecule has 7 heteroatoms. The highest BCUT2D eigenvalue weighted by atomic mass is 16.3. The Kier molecular flexibility index (Phi) is 5.15. The highest BCUT2D eigenvalue weighted by Crippen LogP contribution is 2.45. The number of hydrogen-bond acceptors (Lipinski definition) is 6. The Morgan fingerprint density at radius 3 is 2.75 bits per heavy atom. The van der Waals surface area contributed by atoms with E-state index in [1.54, 1.807) is 37.0 Å². The molecule has 32 heavy (non-hydrogen) atoms. The van der Waals surface area contributed by atoms with Gasteiger partial charge in [0, 0.05) is 59.4 Å². The van der Waals surface area contributed by atoms with Gasteiger partial charge >= 0.3 is 0 Å². The highest BCUT2D eigenvalue weighted by Gasteiger charge is 2.41. The molecule has 1 aliphatic heterocycles. The van der Waals surface area contributed by atoms with Gasteiger partial charge < -0.3 is 15.1 Å². The summed E-state index contributed by atoms with van der Waals surface area (Å²) in [4.78, 5) is 35.2. The summed E-state index contributed by atoms with van der Waals surface area (Å²) in [5.74, 6) is 0.420. The van der Waals surface area contributed by atoms with Crippen molar-refractivity contribution in [1.82, 2.24) is 15.3 Å². The molecule has 7 nitrogen and oxygen atoms in total. The van der Waals surface area contributed by atoms with E-state index in [9.17, 15) is 9.59 Å². The van der Waals surface area contributed by atoms with Crippen molar-refractivity contribution in [3.8, 4) is 0 Å². The van der Waals surface area contributed by atoms with E-state index >= 15 is 0 Å². The fraction of sp³-hybridized carbons (Fsp3) is 0.200. The molecular formula is C25H22N4O3. The summed E-state index contributed by atoms with van der Waals surface area (Å²) in [6.45, 7) is 1.86. The minimum atomic E-state index is -0.506. The number of hydrogen-bond donors (Lipinski definition) is 2. The lowest BCUT2D eigenvalue weighted by Gasteiger charge is -2.36. The number of aromatic nitrogens is 2. The van der Waals surface area contributed by atoms with Gasteiger partial charge in [0.1, 0.15) is 11.6 Å². The van der Waals surface area contributed by atoms with E-state index < -0.39 is 5.92 Å². The third-order valence-corrected chi connectivity index (χ3v) is 5.94. The number of Topliss-reactive ketones (excluding diaryl/α,β-unsaturated/α-hetero) is 1. The normalized spacial score (nSPS) is 20.6. The second kappa shape index (κ2) is 8.26. The van der Waals surface area contributed by atoms with Gasteiger partial charge in [-0.25, -0.2) is 4.98 Å². The molecule has 0 aromatic carbocycles. The second-order valence-electron chi connectivity index (χ2n) is 7.99. The number of carbonyl (C=O) groups excluding carboxylic acids is 2. The van der Waals surface area contributed by atoms with Crippen molar-refractivity contribution in [3.05, 3.63) is 101 Å². The lowest BCUT2D eigenvalue weighted by Crippen LogP contribution is -2.37. The average Bonchev–Trinajstić information content (AvgIpc) is 3.34. The lowest BCUT2D eigenvalue weighted by atomic mass is 9.72. The number of nitrogens with one attached hydrogen (secondary N) is 2. The summed E-state index contributed by atoms with van der Waals surface area (Å²) < 4.78 is 5.57. The summed E-state index contributed by atoms with van der Waals surface area (Å²) >= 11 is 0. The van der Waals surface area contributed by atoms with Gasteiger partial charge in [0.25, 0.3) is 5.91 Å². The van der Waals surface area contributed by atoms with Gasteiger partial charge in [0.2, 0.25) is 0 Å². The fourth-order valence-corrected chi connectivity index (χ4v) is 4.57. The SMILES string of the molecule is CC1=C(C(=O)Nc2ccccn2)[C@@H](c2cccnc2)C2=C(C[C@H](c3ccco3)CC2=O)N1. The van der Waals surface area contributed by atoms with Crippen molar-refractivity contribution in [2.75, 3.05) is 5.32 Å². The molecule has 0 spiro atoms. The minimum Gasteiger partial charge on any atom is -0.469 e. The molecule has 0 saturated carbocycles. The molecule has 160 valence electrons. The van der Waals surface area contributed by atoms with Crippen LogP contribution in [0, 0.1) is 0 Å². The molecule has 0 fully saturated rings. The van der Waals surface area contributed by atoms with Crippen molar-refractivity contribution in [3.63, 3.8) is 0 Å². The van der Waals surface area contributed by atoms with Gasteiger partial charge in [0.15, 0.2) is 5.78 Å². The monoisotopic (exact) mass is 426 g/mol. The predicted octanol–water partition coefficient (Wildman–Crippen LogP) is 4.07. The molecule has 4 heterocycles. The Hall–Kier alpha value is -4.00. The molecule has 2 atom stereocenters. The molecule has 0 bridgehead atoms. The molecule has 0 unspecified atom stereocenters. The number of anilines is 1. The van der Waals surface area contributed by atoms with Crippen LogP contribution < -0.4 is 10.6 Å². The summed E-state index contributed by atoms with van der Waals surface area (Å²) in [7, 11) is 0. The smallest absolute Gasteiger partial charge is 0.255 e. The van der Waals surface area contributed by atoms with Gasteiger partial charge in [-0.15, -0.1) is 0 Å². The highest BCUT2D eigenvalue weighted by molar-refractivity contribution is 6.09. The van der Waals surface area contributed by atoms with Crippen molar-refractivity contribution in [2.24, 2.45) is 0 Å². The molecule has 1 aliphatic carbocycles. The van der Waals surface area contributed by atoms with Crippen LogP contribution >= 0.6 is 0 Å². The van der Waals surface area contributed by atoms with Crippen molar-refractivity contribution >= 4 is 17.5 Å². The number of carbonyl (C=O) groups is 2. The predicted molar refractivity (Wildman–Crippen MR) is 118 cm³/mol. The number of ketones is 1. The number of amides is 1. The molecule has 2 N–H and O–H groups in total. The van der Waals surface area contributed by atoms with E-state index in [0.29, 0.717) is 35.5 Å². The van der Waals surface area contributed by atoms with Crippen LogP contribution in [0.5, 0.6) is 0 Å². The number of allylic oxidation sites excluding steroid dienone is 3. The summed E-state index contributed by atoms with van der Waals surface area (Å²) in [6.07, 6.45) is 7.61. The maximum Gasteiger partial charge on any atom is 0.255 e. The standard InChI is InChI=1S/C25H22N4O3/c1-15-22(25(31)29-21-8-2-3-10-27-21)23(16-6-4-9-26-14-16)24-18(28-15)12-17(13-19(24)30)20-7-5-11-32-20/h2-11,14,17,23,28H,12-13H2,1H3,(H,27,29,31)/t17-,23+/m0/s1. The zero-order chi connectivity index (χ0) is 22.1. The molecule has 2 aliphatic rings. The van der Waals surface area contributed by atoms with Crippen molar-refractivity contribution < 1.29 is 14.0 Å². The third kappa shape index (κ3) is 3.62. The number of furan rings is 1. The minimum absolute atomic E-state index is 0.00430. The first-order valence-corrected chi connectivity index (χ1v) is 10.5. The van der Waals surface area contributed by atoms with E-state index in [0.717, 1.165) is 17.0 Å². The molecule has 1 amide bonds. The van der Waals surface area contributed by atoms with Gasteiger partial charge in [-0.05, 0) is 49.2 Å². The fourth-order valence-electron chi connectivity index (χ4n) is 4.57. The molecule has 0 radical (unpaired) electrons. The van der Waals surface area contributed by atoms with Crippen LogP contribution in [0.25, 0.3) is 0 Å². The first kappa shape index (κ1) is 19.9. The van der Waals surface area contributed by atoms with Gasteiger partial charge in [-0.3, -0.25) is 14.6 Å². The van der Waals surface area contributed by atoms with Crippen molar-refractivity contribution in [1.29, 1.82) is 0 Å². The van der Waals surface area contributed by atoms with Crippen LogP contribution in [0.2, 0.25) is 0 Å². The van der Waals surface area contributed by atoms with Crippen LogP contribution in [-0.4, -0.2) is 21.7 Å². The summed E-state index contributed by atoms with van der Waals surface area (Å²) in [5, 5.41) is 6.22. The summed E-state index contributed by atoms with van der Waals surface area (Å²) in [5.41, 5.74) is 3.46. The Morgan fingerprint density at radius 1 is 1.12 bits per heavy atom. The summed E-state index contributed by atoms with van der Waals surface area (Å²) in [6, 6.07) is 12.8. The van der Waals surface area contributed by atoms with Crippen LogP contribution in [0.1, 0.15) is 42.9 Å². The third-order valence-electron chi connectivity index (χ3n) is 5.94. The Morgan fingerprint density at radius 2 is 2.03 bits per heavy atom. The number of nitrogens with zero attached hydrogens (tertiary/aromatic N) is 2. The second-order valence-corrected chi connectivity index (χ2v) is 7.99. The molecular weight excluding hydrogens is 404 g/mol. The Balaban J connectivity index is 1.56. The van der Waals surface area contributed by atoms with Crippen LogP contribution in [-0.2, 0) is 9.59 Å². The molecule has 0 saturated heterocycles. The zero-order valence-corrected chi connectivity index (χ0v) is 17.5. The largest absolute Gasteiger partial charge is 0.469 e. The maximum absolute atomic E-state index is 13.4. The zero-order valence-electron chi connectivity index (χ0n) is 17.5. The van der Waals surface area contributed by atoms with Crippen molar-refractivity contribution in [2.45, 2.75) is 31.6 Å². The number of dihydropyridines is 1. The van der Waals surface area contributed by atoms with Gasteiger partial charge in [0.05, 0.1) is 6.26 Å². The topological polar surface area (TPSA) is 97.1 Å². The quantitative estimate of drug-likeness (QED) is 0.653. The van der Waals surface area contributed by atoms with E-state index in [-0.39, 0.29) is 17.6 Å². The van der Waals surface area contributed by atoms with E-state index in [1.165, 1.54) is 0 Å². The van der Waals surface area contributed by atoms with Crippen LogP contribution in [0.4, 0.5) is 5.82 Å². The maximum atomic E-state index is 13.4. The molecule has 3 aromatic heterocycles. The van der Waals surface area contributed by atoms with Crippen LogP contribution in [0.3, 0.4) is 0 Å². The molecule has 3 aromatic rings. The number of pyridine rings is 2. The number of rotatable bonds is 4. The van der Waals surface area contributed by atoms with Gasteiger partial charge in [-0.1, -0.05) is 12.1 Å².